The molecule has 0 saturated carbocycles. The quantitative estimate of drug-likeness (QED) is 0.946. The highest BCUT2D eigenvalue weighted by molar-refractivity contribution is 5.95. The lowest BCUT2D eigenvalue weighted by Gasteiger charge is -2.20. The number of aromatic nitrogens is 2. The van der Waals surface area contributed by atoms with Gasteiger partial charge in [-0.1, -0.05) is 0 Å². The Hall–Kier alpha value is -2.43. The molecule has 1 heterocycles. The normalized spacial score (nSPS) is 11.1. The van der Waals surface area contributed by atoms with Gasteiger partial charge in [0, 0.05) is 17.3 Å². The molecule has 0 spiro atoms. The molecule has 0 bridgehead atoms. The van der Waals surface area contributed by atoms with E-state index in [0.29, 0.717) is 17.1 Å². The lowest BCUT2D eigenvalue weighted by atomic mass is 10.1. The summed E-state index contributed by atoms with van der Waals surface area (Å²) in [6, 6.07) is 7.49. The Morgan fingerprint density at radius 2 is 1.82 bits per heavy atom. The van der Waals surface area contributed by atoms with Gasteiger partial charge in [-0.05, 0) is 52.0 Å². The minimum absolute atomic E-state index is 0.161. The van der Waals surface area contributed by atoms with E-state index in [1.54, 1.807) is 13.3 Å². The number of rotatable bonds is 3. The highest BCUT2D eigenvalue weighted by Crippen LogP contribution is 2.20. The predicted molar refractivity (Wildman–Crippen MR) is 86.0 cm³/mol. The van der Waals surface area contributed by atoms with E-state index < -0.39 is 0 Å². The van der Waals surface area contributed by atoms with Crippen LogP contribution in [0.3, 0.4) is 0 Å². The maximum Gasteiger partial charge on any atom is 0.255 e. The van der Waals surface area contributed by atoms with Crippen molar-refractivity contribution >= 4 is 5.91 Å². The van der Waals surface area contributed by atoms with Crippen molar-refractivity contribution in [3.8, 4) is 17.1 Å². The van der Waals surface area contributed by atoms with Crippen molar-refractivity contribution in [2.75, 3.05) is 7.11 Å². The Labute approximate surface area is 130 Å². The van der Waals surface area contributed by atoms with Gasteiger partial charge in [0.1, 0.15) is 5.75 Å². The van der Waals surface area contributed by atoms with Crippen LogP contribution < -0.4 is 10.1 Å². The van der Waals surface area contributed by atoms with Crippen molar-refractivity contribution in [2.24, 2.45) is 0 Å². The number of ether oxygens (including phenoxy) is 1. The molecule has 5 heteroatoms. The number of hydrogen-bond acceptors (Lipinski definition) is 4. The summed E-state index contributed by atoms with van der Waals surface area (Å²) in [6.07, 6.45) is 1.57. The summed E-state index contributed by atoms with van der Waals surface area (Å²) < 4.78 is 5.13. The monoisotopic (exact) mass is 299 g/mol. The Kier molecular flexibility index (Phi) is 4.45. The number of benzene rings is 1. The second kappa shape index (κ2) is 6.13. The molecule has 0 radical (unpaired) electrons. The van der Waals surface area contributed by atoms with Crippen LogP contribution in [0.5, 0.6) is 5.75 Å². The second-order valence-corrected chi connectivity index (χ2v) is 6.13. The lowest BCUT2D eigenvalue weighted by Crippen LogP contribution is -2.41. The number of carbonyl (C=O) groups is 1. The summed E-state index contributed by atoms with van der Waals surface area (Å²) in [5.41, 5.74) is 1.74. The fraction of sp³-hybridized carbons (Fsp3) is 0.353. The molecule has 5 nitrogen and oxygen atoms in total. The zero-order valence-electron chi connectivity index (χ0n) is 13.6. The highest BCUT2D eigenvalue weighted by atomic mass is 16.5. The van der Waals surface area contributed by atoms with Crippen LogP contribution in [0.1, 0.15) is 36.8 Å². The van der Waals surface area contributed by atoms with Gasteiger partial charge < -0.3 is 10.1 Å². The molecule has 2 aromatic rings. The topological polar surface area (TPSA) is 64.1 Å². The van der Waals surface area contributed by atoms with Gasteiger partial charge in [0.2, 0.25) is 0 Å². The largest absolute Gasteiger partial charge is 0.497 e. The molecular weight excluding hydrogens is 278 g/mol. The van der Waals surface area contributed by atoms with E-state index in [1.807, 2.05) is 52.0 Å². The molecule has 0 saturated heterocycles. The van der Waals surface area contributed by atoms with E-state index in [1.165, 1.54) is 0 Å². The van der Waals surface area contributed by atoms with E-state index >= 15 is 0 Å². The summed E-state index contributed by atoms with van der Waals surface area (Å²) in [5.74, 6) is 1.21. The Morgan fingerprint density at radius 1 is 1.18 bits per heavy atom. The predicted octanol–water partition coefficient (Wildman–Crippen LogP) is 2.99. The fourth-order valence-electron chi connectivity index (χ4n) is 1.98. The van der Waals surface area contributed by atoms with Gasteiger partial charge >= 0.3 is 0 Å². The molecule has 2 rings (SSSR count). The molecule has 1 aromatic carbocycles. The maximum absolute atomic E-state index is 12.2. The van der Waals surface area contributed by atoms with Crippen molar-refractivity contribution in [2.45, 2.75) is 33.2 Å². The smallest absolute Gasteiger partial charge is 0.255 e. The number of hydrogen-bond donors (Lipinski definition) is 1. The molecule has 116 valence electrons. The van der Waals surface area contributed by atoms with Crippen molar-refractivity contribution in [3.05, 3.63) is 41.7 Å². The van der Waals surface area contributed by atoms with Gasteiger partial charge in [0.05, 0.1) is 18.4 Å². The first-order valence-corrected chi connectivity index (χ1v) is 7.11. The second-order valence-electron chi connectivity index (χ2n) is 6.13. The van der Waals surface area contributed by atoms with Gasteiger partial charge in [0.15, 0.2) is 5.82 Å². The Balaban J connectivity index is 2.27. The molecule has 1 aromatic heterocycles. The average molecular weight is 299 g/mol. The standard InChI is InChI=1S/C17H21N3O2/c1-11-14(16(21)20-17(2,3)4)10-18-15(19-11)12-6-8-13(22-5)9-7-12/h6-10H,1-5H3,(H,20,21). The first-order chi connectivity index (χ1) is 10.3. The van der Waals surface area contributed by atoms with Crippen LogP contribution in [0.2, 0.25) is 0 Å². The van der Waals surface area contributed by atoms with Gasteiger partial charge in [-0.3, -0.25) is 4.79 Å². The lowest BCUT2D eigenvalue weighted by molar-refractivity contribution is 0.0918. The first kappa shape index (κ1) is 15.9. The van der Waals surface area contributed by atoms with E-state index in [2.05, 4.69) is 15.3 Å². The van der Waals surface area contributed by atoms with Crippen molar-refractivity contribution in [1.82, 2.24) is 15.3 Å². The van der Waals surface area contributed by atoms with Crippen LogP contribution in [-0.2, 0) is 0 Å². The third-order valence-corrected chi connectivity index (χ3v) is 3.06. The number of methoxy groups -OCH3 is 1. The Bertz CT molecular complexity index is 673. The van der Waals surface area contributed by atoms with E-state index in [0.717, 1.165) is 11.3 Å². The highest BCUT2D eigenvalue weighted by Gasteiger charge is 2.18. The van der Waals surface area contributed by atoms with Crippen LogP contribution in [0.4, 0.5) is 0 Å². The van der Waals surface area contributed by atoms with E-state index in [9.17, 15) is 4.79 Å². The third kappa shape index (κ3) is 3.81. The average Bonchev–Trinajstić information content (AvgIpc) is 2.45. The molecule has 0 aliphatic carbocycles. The van der Waals surface area contributed by atoms with Crippen molar-refractivity contribution in [3.63, 3.8) is 0 Å². The summed E-state index contributed by atoms with van der Waals surface area (Å²) in [6.45, 7) is 7.62. The summed E-state index contributed by atoms with van der Waals surface area (Å²) >= 11 is 0. The zero-order valence-corrected chi connectivity index (χ0v) is 13.6. The van der Waals surface area contributed by atoms with Gasteiger partial charge in [0.25, 0.3) is 5.91 Å². The molecule has 0 unspecified atom stereocenters. The SMILES string of the molecule is COc1ccc(-c2ncc(C(=O)NC(C)(C)C)c(C)n2)cc1. The van der Waals surface area contributed by atoms with Gasteiger partial charge in [-0.2, -0.15) is 0 Å². The minimum atomic E-state index is -0.293. The van der Waals surface area contributed by atoms with Gasteiger partial charge in [-0.15, -0.1) is 0 Å². The fourth-order valence-corrected chi connectivity index (χ4v) is 1.98. The maximum atomic E-state index is 12.2. The first-order valence-electron chi connectivity index (χ1n) is 7.11. The van der Waals surface area contributed by atoms with Crippen molar-refractivity contribution < 1.29 is 9.53 Å². The number of nitrogens with one attached hydrogen (secondary N) is 1. The van der Waals surface area contributed by atoms with Crippen LogP contribution in [0.25, 0.3) is 11.4 Å². The molecule has 1 amide bonds. The summed E-state index contributed by atoms with van der Waals surface area (Å²) in [4.78, 5) is 20.9. The number of carbonyl (C=O) groups excluding carboxylic acids is 1. The molecular formula is C17H21N3O2. The minimum Gasteiger partial charge on any atom is -0.497 e. The molecule has 0 atom stereocenters. The van der Waals surface area contributed by atoms with Crippen LogP contribution in [0.15, 0.2) is 30.5 Å². The molecule has 22 heavy (non-hydrogen) atoms. The molecule has 0 fully saturated rings. The molecule has 1 N–H and O–H groups in total. The molecule has 0 aliphatic rings. The molecule has 0 aliphatic heterocycles. The van der Waals surface area contributed by atoms with Gasteiger partial charge in [-0.25, -0.2) is 9.97 Å². The Morgan fingerprint density at radius 3 is 2.32 bits per heavy atom. The van der Waals surface area contributed by atoms with Crippen LogP contribution in [0, 0.1) is 6.92 Å². The zero-order chi connectivity index (χ0) is 16.3. The van der Waals surface area contributed by atoms with Crippen LogP contribution >= 0.6 is 0 Å². The van der Waals surface area contributed by atoms with Crippen molar-refractivity contribution in [1.29, 1.82) is 0 Å². The van der Waals surface area contributed by atoms with Crippen LogP contribution in [-0.4, -0.2) is 28.5 Å². The number of amides is 1. The number of nitrogens with zero attached hydrogens (tertiary/aromatic N) is 2. The summed E-state index contributed by atoms with van der Waals surface area (Å²) in [7, 11) is 1.62. The van der Waals surface area contributed by atoms with E-state index in [4.69, 9.17) is 4.74 Å². The van der Waals surface area contributed by atoms with E-state index in [-0.39, 0.29) is 11.4 Å². The third-order valence-electron chi connectivity index (χ3n) is 3.06. The number of aryl methyl sites for hydroxylation is 1. The summed E-state index contributed by atoms with van der Waals surface area (Å²) in [5, 5.41) is 2.92.